The van der Waals surface area contributed by atoms with E-state index in [0.717, 1.165) is 30.2 Å². The van der Waals surface area contributed by atoms with E-state index < -0.39 is 0 Å². The van der Waals surface area contributed by atoms with Gasteiger partial charge in [0.1, 0.15) is 0 Å². The molecule has 0 bridgehead atoms. The Morgan fingerprint density at radius 2 is 1.84 bits per heavy atom. The summed E-state index contributed by atoms with van der Waals surface area (Å²) in [4.78, 5) is 40.9. The summed E-state index contributed by atoms with van der Waals surface area (Å²) in [6.45, 7) is 4.34. The second-order valence-corrected chi connectivity index (χ2v) is 7.62. The third kappa shape index (κ3) is 3.50. The fraction of sp³-hybridized carbons (Fsp3) is 0.526. The topological polar surface area (TPSA) is 57.7 Å². The average molecular weight is 407 g/mol. The fourth-order valence-corrected chi connectivity index (χ4v) is 3.90. The van der Waals surface area contributed by atoms with Gasteiger partial charge in [-0.05, 0) is 43.9 Å². The van der Waals surface area contributed by atoms with Gasteiger partial charge < -0.3 is 4.90 Å². The number of carbonyl (C=O) groups is 3. The maximum atomic E-state index is 12.8. The zero-order valence-corrected chi connectivity index (χ0v) is 16.2. The first-order valence-electron chi connectivity index (χ1n) is 8.94. The summed E-state index contributed by atoms with van der Waals surface area (Å²) in [6, 6.07) is 5.66. The van der Waals surface area contributed by atoms with Crippen LogP contribution >= 0.6 is 15.9 Å². The molecule has 0 spiro atoms. The van der Waals surface area contributed by atoms with E-state index in [2.05, 4.69) is 29.8 Å². The van der Waals surface area contributed by atoms with Crippen LogP contribution in [0.25, 0.3) is 0 Å². The van der Waals surface area contributed by atoms with Gasteiger partial charge in [-0.1, -0.05) is 29.8 Å². The minimum Gasteiger partial charge on any atom is -0.337 e. The Labute approximate surface area is 156 Å². The summed E-state index contributed by atoms with van der Waals surface area (Å²) in [6.07, 6.45) is 4.17. The van der Waals surface area contributed by atoms with Crippen LogP contribution < -0.4 is 0 Å². The van der Waals surface area contributed by atoms with E-state index in [1.54, 1.807) is 18.2 Å². The van der Waals surface area contributed by atoms with Gasteiger partial charge in [-0.3, -0.25) is 19.3 Å². The molecular formula is C19H23BrN2O3. The number of imide groups is 1. The van der Waals surface area contributed by atoms with Crippen molar-refractivity contribution in [2.24, 2.45) is 0 Å². The molecule has 25 heavy (non-hydrogen) atoms. The van der Waals surface area contributed by atoms with Gasteiger partial charge in [-0.15, -0.1) is 0 Å². The Hall–Kier alpha value is -1.69. The monoisotopic (exact) mass is 406 g/mol. The second kappa shape index (κ2) is 7.28. The number of nitrogens with zero attached hydrogens (tertiary/aromatic N) is 2. The van der Waals surface area contributed by atoms with Gasteiger partial charge in [0.05, 0.1) is 11.1 Å². The summed E-state index contributed by atoms with van der Waals surface area (Å²) in [7, 11) is 0. The highest BCUT2D eigenvalue weighted by Crippen LogP contribution is 2.31. The van der Waals surface area contributed by atoms with Crippen LogP contribution in [-0.4, -0.2) is 46.1 Å². The zero-order chi connectivity index (χ0) is 18.1. The van der Waals surface area contributed by atoms with Crippen molar-refractivity contribution in [3.63, 3.8) is 0 Å². The van der Waals surface area contributed by atoms with Gasteiger partial charge in [0.25, 0.3) is 11.8 Å². The molecule has 0 radical (unpaired) electrons. The number of carbonyl (C=O) groups excluding carboxylic acids is 3. The van der Waals surface area contributed by atoms with Crippen molar-refractivity contribution < 1.29 is 14.4 Å². The van der Waals surface area contributed by atoms with Crippen molar-refractivity contribution in [1.29, 1.82) is 0 Å². The van der Waals surface area contributed by atoms with Crippen LogP contribution in [0.2, 0.25) is 0 Å². The van der Waals surface area contributed by atoms with Crippen molar-refractivity contribution in [3.8, 4) is 0 Å². The highest BCUT2D eigenvalue weighted by Gasteiger charge is 2.38. The zero-order valence-electron chi connectivity index (χ0n) is 14.6. The van der Waals surface area contributed by atoms with E-state index in [1.807, 2.05) is 4.90 Å². The predicted molar refractivity (Wildman–Crippen MR) is 98.4 cm³/mol. The van der Waals surface area contributed by atoms with E-state index in [9.17, 15) is 14.4 Å². The molecule has 0 saturated heterocycles. The molecule has 1 heterocycles. The smallest absolute Gasteiger partial charge is 0.261 e. The molecule has 1 aromatic rings. The van der Waals surface area contributed by atoms with Crippen LogP contribution in [0.15, 0.2) is 22.7 Å². The summed E-state index contributed by atoms with van der Waals surface area (Å²) in [5, 5.41) is 0. The normalized spacial score (nSPS) is 16.6. The van der Waals surface area contributed by atoms with Crippen molar-refractivity contribution in [1.82, 2.24) is 9.80 Å². The minimum atomic E-state index is -0.311. The molecule has 1 saturated carbocycles. The number of fused-ring (bicyclic) bond motifs is 1. The summed E-state index contributed by atoms with van der Waals surface area (Å²) < 4.78 is 0.763. The minimum absolute atomic E-state index is 0.0499. The number of halogens is 1. The number of amides is 3. The molecule has 1 aromatic carbocycles. The van der Waals surface area contributed by atoms with Gasteiger partial charge in [0, 0.05) is 29.5 Å². The maximum absolute atomic E-state index is 12.8. The maximum Gasteiger partial charge on any atom is 0.261 e. The van der Waals surface area contributed by atoms with Crippen LogP contribution in [0, 0.1) is 0 Å². The molecule has 0 aromatic heterocycles. The Bertz CT molecular complexity index is 711. The quantitative estimate of drug-likeness (QED) is 0.649. The molecule has 3 amide bonds. The summed E-state index contributed by atoms with van der Waals surface area (Å²) >= 11 is 3.33. The van der Waals surface area contributed by atoms with Crippen molar-refractivity contribution in [3.05, 3.63) is 33.8 Å². The van der Waals surface area contributed by atoms with Crippen molar-refractivity contribution in [2.75, 3.05) is 6.54 Å². The highest BCUT2D eigenvalue weighted by atomic mass is 79.9. The summed E-state index contributed by atoms with van der Waals surface area (Å²) in [5.41, 5.74) is 0.825. The molecule has 134 valence electrons. The molecule has 3 rings (SSSR count). The first-order valence-corrected chi connectivity index (χ1v) is 9.74. The third-order valence-corrected chi connectivity index (χ3v) is 5.54. The lowest BCUT2D eigenvalue weighted by molar-refractivity contribution is -0.134. The van der Waals surface area contributed by atoms with Crippen LogP contribution in [0.3, 0.4) is 0 Å². The van der Waals surface area contributed by atoms with Gasteiger partial charge in [0.15, 0.2) is 0 Å². The lowest BCUT2D eigenvalue weighted by atomic mass is 10.1. The lowest BCUT2D eigenvalue weighted by Gasteiger charge is -2.31. The molecule has 0 N–H and O–H groups in total. The molecule has 1 aliphatic heterocycles. The van der Waals surface area contributed by atoms with Gasteiger partial charge in [-0.25, -0.2) is 0 Å². The Morgan fingerprint density at radius 1 is 1.20 bits per heavy atom. The Balaban J connectivity index is 1.68. The first-order chi connectivity index (χ1) is 12.0. The van der Waals surface area contributed by atoms with E-state index >= 15 is 0 Å². The standard InChI is InChI=1S/C19H23BrN2O3/c1-3-13(4-2)22(14-6-7-14)17(23)9-10-21-18(24)15-8-5-12(20)11-16(15)19(21)25/h5,8,11,13-14H,3-4,6-7,9-10H2,1-2H3. The predicted octanol–water partition coefficient (Wildman–Crippen LogP) is 3.61. The molecule has 6 heteroatoms. The molecule has 2 aliphatic rings. The van der Waals surface area contributed by atoms with E-state index in [0.29, 0.717) is 17.2 Å². The molecule has 0 unspecified atom stereocenters. The molecule has 0 atom stereocenters. The Morgan fingerprint density at radius 3 is 2.44 bits per heavy atom. The summed E-state index contributed by atoms with van der Waals surface area (Å²) in [5.74, 6) is -0.565. The molecule has 1 fully saturated rings. The Kier molecular flexibility index (Phi) is 5.27. The fourth-order valence-electron chi connectivity index (χ4n) is 3.54. The van der Waals surface area contributed by atoms with Crippen molar-refractivity contribution in [2.45, 2.75) is 58.0 Å². The second-order valence-electron chi connectivity index (χ2n) is 6.70. The van der Waals surface area contributed by atoms with Crippen LogP contribution in [0.1, 0.15) is 66.7 Å². The average Bonchev–Trinajstić information content (AvgIpc) is 3.40. The third-order valence-electron chi connectivity index (χ3n) is 5.05. The number of rotatable bonds is 7. The largest absolute Gasteiger partial charge is 0.337 e. The number of hydrogen-bond donors (Lipinski definition) is 0. The van der Waals surface area contributed by atoms with Crippen molar-refractivity contribution >= 4 is 33.7 Å². The van der Waals surface area contributed by atoms with E-state index in [4.69, 9.17) is 0 Å². The van der Waals surface area contributed by atoms with Crippen LogP contribution in [-0.2, 0) is 4.79 Å². The van der Waals surface area contributed by atoms with Crippen LogP contribution in [0.4, 0.5) is 0 Å². The van der Waals surface area contributed by atoms with E-state index in [-0.39, 0.29) is 36.7 Å². The highest BCUT2D eigenvalue weighted by molar-refractivity contribution is 9.10. The van der Waals surface area contributed by atoms with Gasteiger partial charge >= 0.3 is 0 Å². The molecular weight excluding hydrogens is 384 g/mol. The number of hydrogen-bond acceptors (Lipinski definition) is 3. The molecule has 1 aliphatic carbocycles. The number of benzene rings is 1. The van der Waals surface area contributed by atoms with E-state index in [1.165, 1.54) is 4.90 Å². The SMILES string of the molecule is CCC(CC)N(C(=O)CCN1C(=O)c2ccc(Br)cc2C1=O)C1CC1. The van der Waals surface area contributed by atoms with Crippen LogP contribution in [0.5, 0.6) is 0 Å². The lowest BCUT2D eigenvalue weighted by Crippen LogP contribution is -2.43. The van der Waals surface area contributed by atoms with Gasteiger partial charge in [-0.2, -0.15) is 0 Å². The van der Waals surface area contributed by atoms with Gasteiger partial charge in [0.2, 0.25) is 5.91 Å². The molecule has 5 nitrogen and oxygen atoms in total. The first kappa shape index (κ1) is 18.1.